The fourth-order valence-corrected chi connectivity index (χ4v) is 3.25. The molecule has 26 heavy (non-hydrogen) atoms. The Hall–Kier alpha value is -2.94. The smallest absolute Gasteiger partial charge is 0.229 e. The third-order valence-corrected chi connectivity index (χ3v) is 4.68. The van der Waals surface area contributed by atoms with E-state index in [0.717, 1.165) is 42.9 Å². The fourth-order valence-electron chi connectivity index (χ4n) is 3.25. The SMILES string of the molecule is Cc1cccc(CC(=O)Nc2ccc(N3CCC(CC#N)CC3)nn2)c1. The quantitative estimate of drug-likeness (QED) is 0.897. The van der Waals surface area contributed by atoms with Crippen LogP contribution in [0.15, 0.2) is 36.4 Å². The lowest BCUT2D eigenvalue weighted by Crippen LogP contribution is -2.34. The van der Waals surface area contributed by atoms with Gasteiger partial charge in [-0.25, -0.2) is 0 Å². The second-order valence-electron chi connectivity index (χ2n) is 6.78. The largest absolute Gasteiger partial charge is 0.355 e. The fraction of sp³-hybridized carbons (Fsp3) is 0.400. The van der Waals surface area contributed by atoms with Crippen LogP contribution < -0.4 is 10.2 Å². The van der Waals surface area contributed by atoms with Crippen molar-refractivity contribution < 1.29 is 4.79 Å². The number of hydrogen-bond acceptors (Lipinski definition) is 5. The molecule has 1 amide bonds. The van der Waals surface area contributed by atoms with Gasteiger partial charge in [0.15, 0.2) is 11.6 Å². The number of piperidine rings is 1. The van der Waals surface area contributed by atoms with Gasteiger partial charge in [0, 0.05) is 19.5 Å². The highest BCUT2D eigenvalue weighted by molar-refractivity contribution is 5.91. The molecule has 1 saturated heterocycles. The van der Waals surface area contributed by atoms with Gasteiger partial charge in [0.25, 0.3) is 0 Å². The number of aromatic nitrogens is 2. The van der Waals surface area contributed by atoms with Gasteiger partial charge in [-0.2, -0.15) is 5.26 Å². The van der Waals surface area contributed by atoms with Gasteiger partial charge in [0.05, 0.1) is 12.5 Å². The van der Waals surface area contributed by atoms with Crippen LogP contribution in [-0.2, 0) is 11.2 Å². The Kier molecular flexibility index (Phi) is 5.80. The van der Waals surface area contributed by atoms with Gasteiger partial charge >= 0.3 is 0 Å². The number of carbonyl (C=O) groups is 1. The predicted octanol–water partition coefficient (Wildman–Crippen LogP) is 3.10. The summed E-state index contributed by atoms with van der Waals surface area (Å²) >= 11 is 0. The number of benzene rings is 1. The van der Waals surface area contributed by atoms with E-state index < -0.39 is 0 Å². The van der Waals surface area contributed by atoms with Gasteiger partial charge < -0.3 is 10.2 Å². The van der Waals surface area contributed by atoms with E-state index in [4.69, 9.17) is 5.26 Å². The molecule has 0 radical (unpaired) electrons. The third-order valence-electron chi connectivity index (χ3n) is 4.68. The van der Waals surface area contributed by atoms with Crippen LogP contribution in [0.4, 0.5) is 11.6 Å². The lowest BCUT2D eigenvalue weighted by molar-refractivity contribution is -0.115. The first-order valence-electron chi connectivity index (χ1n) is 8.95. The highest BCUT2D eigenvalue weighted by Gasteiger charge is 2.20. The van der Waals surface area contributed by atoms with Crippen LogP contribution in [0.25, 0.3) is 0 Å². The second-order valence-corrected chi connectivity index (χ2v) is 6.78. The van der Waals surface area contributed by atoms with Gasteiger partial charge in [-0.1, -0.05) is 29.8 Å². The van der Waals surface area contributed by atoms with Crippen molar-refractivity contribution in [3.05, 3.63) is 47.5 Å². The number of carbonyl (C=O) groups excluding carboxylic acids is 1. The van der Waals surface area contributed by atoms with Gasteiger partial charge in [0.2, 0.25) is 5.91 Å². The molecule has 0 spiro atoms. The number of nitriles is 1. The van der Waals surface area contributed by atoms with Crippen molar-refractivity contribution in [1.29, 1.82) is 5.26 Å². The summed E-state index contributed by atoms with van der Waals surface area (Å²) in [5.74, 6) is 1.67. The van der Waals surface area contributed by atoms with E-state index in [1.165, 1.54) is 0 Å². The summed E-state index contributed by atoms with van der Waals surface area (Å²) < 4.78 is 0. The van der Waals surface area contributed by atoms with Crippen molar-refractivity contribution in [2.24, 2.45) is 5.92 Å². The van der Waals surface area contributed by atoms with E-state index in [9.17, 15) is 4.79 Å². The summed E-state index contributed by atoms with van der Waals surface area (Å²) in [6.45, 7) is 3.79. The summed E-state index contributed by atoms with van der Waals surface area (Å²) in [5, 5.41) is 20.0. The second kappa shape index (κ2) is 8.43. The zero-order chi connectivity index (χ0) is 18.4. The maximum absolute atomic E-state index is 12.2. The van der Waals surface area contributed by atoms with Gasteiger partial charge in [-0.15, -0.1) is 10.2 Å². The van der Waals surface area contributed by atoms with Gasteiger partial charge in [-0.05, 0) is 43.4 Å². The van der Waals surface area contributed by atoms with E-state index in [1.807, 2.05) is 37.3 Å². The van der Waals surface area contributed by atoms with E-state index in [0.29, 0.717) is 24.6 Å². The molecular formula is C20H23N5O. The Bertz CT molecular complexity index is 789. The molecule has 3 rings (SSSR count). The lowest BCUT2D eigenvalue weighted by Gasteiger charge is -2.31. The number of hydrogen-bond donors (Lipinski definition) is 1. The number of amides is 1. The lowest BCUT2D eigenvalue weighted by atomic mass is 9.94. The average molecular weight is 349 g/mol. The monoisotopic (exact) mass is 349 g/mol. The van der Waals surface area contributed by atoms with Crippen molar-refractivity contribution in [3.8, 4) is 6.07 Å². The zero-order valence-electron chi connectivity index (χ0n) is 15.0. The number of aryl methyl sites for hydroxylation is 1. The molecule has 0 saturated carbocycles. The first-order chi connectivity index (χ1) is 12.6. The molecule has 1 aromatic heterocycles. The first-order valence-corrected chi connectivity index (χ1v) is 8.95. The minimum atomic E-state index is -0.102. The Labute approximate surface area is 153 Å². The molecule has 0 bridgehead atoms. The van der Waals surface area contributed by atoms with Crippen molar-refractivity contribution in [1.82, 2.24) is 10.2 Å². The molecule has 0 aliphatic carbocycles. The summed E-state index contributed by atoms with van der Waals surface area (Å²) in [6, 6.07) is 13.8. The molecule has 0 unspecified atom stereocenters. The highest BCUT2D eigenvalue weighted by atomic mass is 16.1. The molecule has 1 N–H and O–H groups in total. The van der Waals surface area contributed by atoms with Crippen LogP contribution >= 0.6 is 0 Å². The van der Waals surface area contributed by atoms with Crippen molar-refractivity contribution in [2.45, 2.75) is 32.6 Å². The minimum absolute atomic E-state index is 0.102. The van der Waals surface area contributed by atoms with Gasteiger partial charge in [-0.3, -0.25) is 4.79 Å². The van der Waals surface area contributed by atoms with Crippen molar-refractivity contribution in [3.63, 3.8) is 0 Å². The van der Waals surface area contributed by atoms with Crippen LogP contribution in [0.1, 0.15) is 30.4 Å². The van der Waals surface area contributed by atoms with E-state index in [2.05, 4.69) is 26.5 Å². The number of nitrogens with one attached hydrogen (secondary N) is 1. The summed E-state index contributed by atoms with van der Waals surface area (Å²) in [5.41, 5.74) is 2.12. The molecule has 0 atom stereocenters. The highest BCUT2D eigenvalue weighted by Crippen LogP contribution is 2.23. The molecule has 6 heteroatoms. The molecule has 6 nitrogen and oxygen atoms in total. The van der Waals surface area contributed by atoms with Gasteiger partial charge in [0.1, 0.15) is 0 Å². The average Bonchev–Trinajstić information content (AvgIpc) is 2.63. The third kappa shape index (κ3) is 4.79. The Morgan fingerprint density at radius 1 is 1.27 bits per heavy atom. The standard InChI is InChI=1S/C20H23N5O/c1-15-3-2-4-17(13-15)14-20(26)22-18-5-6-19(24-23-18)25-11-8-16(7-10-21)9-12-25/h2-6,13,16H,7-9,11-12,14H2,1H3,(H,22,23,26). The molecule has 2 aromatic rings. The van der Waals surface area contributed by atoms with Crippen LogP contribution in [-0.4, -0.2) is 29.2 Å². The molecule has 134 valence electrons. The topological polar surface area (TPSA) is 81.9 Å². The molecule has 1 aromatic carbocycles. The summed E-state index contributed by atoms with van der Waals surface area (Å²) in [6.07, 6.45) is 2.96. The van der Waals surface area contributed by atoms with E-state index in [-0.39, 0.29) is 5.91 Å². The molecule has 1 fully saturated rings. The Morgan fingerprint density at radius 2 is 2.08 bits per heavy atom. The van der Waals surface area contributed by atoms with Crippen LogP contribution in [0.5, 0.6) is 0 Å². The molecule has 1 aliphatic rings. The number of nitrogens with zero attached hydrogens (tertiary/aromatic N) is 4. The first kappa shape index (κ1) is 17.9. The van der Waals surface area contributed by atoms with E-state index in [1.54, 1.807) is 6.07 Å². The van der Waals surface area contributed by atoms with Crippen molar-refractivity contribution >= 4 is 17.5 Å². The molecule has 2 heterocycles. The summed E-state index contributed by atoms with van der Waals surface area (Å²) in [4.78, 5) is 14.3. The minimum Gasteiger partial charge on any atom is -0.355 e. The van der Waals surface area contributed by atoms with E-state index >= 15 is 0 Å². The van der Waals surface area contributed by atoms with Crippen LogP contribution in [0.3, 0.4) is 0 Å². The molecular weight excluding hydrogens is 326 g/mol. The Morgan fingerprint density at radius 3 is 2.73 bits per heavy atom. The van der Waals surface area contributed by atoms with Crippen LogP contribution in [0, 0.1) is 24.2 Å². The molecule has 1 aliphatic heterocycles. The van der Waals surface area contributed by atoms with Crippen LogP contribution in [0.2, 0.25) is 0 Å². The summed E-state index contributed by atoms with van der Waals surface area (Å²) in [7, 11) is 0. The maximum atomic E-state index is 12.2. The zero-order valence-corrected chi connectivity index (χ0v) is 15.0. The number of rotatable bonds is 5. The maximum Gasteiger partial charge on any atom is 0.229 e. The Balaban J connectivity index is 1.53. The number of anilines is 2. The van der Waals surface area contributed by atoms with Crippen molar-refractivity contribution in [2.75, 3.05) is 23.3 Å². The normalized spacial score (nSPS) is 14.7. The predicted molar refractivity (Wildman–Crippen MR) is 101 cm³/mol.